The third-order valence-electron chi connectivity index (χ3n) is 9.01. The Balaban J connectivity index is 1.16. The normalized spacial score (nSPS) is 24.3. The van der Waals surface area contributed by atoms with Crippen molar-refractivity contribution in [1.82, 2.24) is 24.9 Å². The molecule has 1 amide bonds. The number of carbonyl (C=O) groups is 1. The molecule has 7 nitrogen and oxygen atoms in total. The Kier molecular flexibility index (Phi) is 6.41. The number of hydrogen-bond acceptors (Lipinski definition) is 5. The standard InChI is InChI=1S/C28H39N5O2/c1-31-25-9-8-23(29-20-28(11-4-5-12-28)33-14-16-35-17-15-33)18-24(25)26(30-31)27(34)32-13-10-21-6-2-3-7-22(21)19-32/h2-3,6-7,23,29H,4-5,8-20H2,1H3/t23-/m0/s1. The van der Waals surface area contributed by atoms with Gasteiger partial charge >= 0.3 is 0 Å². The van der Waals surface area contributed by atoms with Gasteiger partial charge in [-0.1, -0.05) is 37.1 Å². The number of morpholine rings is 1. The summed E-state index contributed by atoms with van der Waals surface area (Å²) in [6.45, 7) is 6.31. The van der Waals surface area contributed by atoms with Crippen molar-refractivity contribution in [3.05, 3.63) is 52.3 Å². The fourth-order valence-electron chi connectivity index (χ4n) is 6.96. The van der Waals surface area contributed by atoms with E-state index in [0.717, 1.165) is 65.1 Å². The maximum atomic E-state index is 13.6. The van der Waals surface area contributed by atoms with Crippen molar-refractivity contribution >= 4 is 5.91 Å². The Labute approximate surface area is 208 Å². The molecule has 2 aliphatic heterocycles. The molecule has 1 atom stereocenters. The first-order chi connectivity index (χ1) is 17.1. The lowest BCUT2D eigenvalue weighted by Gasteiger charge is -2.44. The molecule has 0 bridgehead atoms. The summed E-state index contributed by atoms with van der Waals surface area (Å²) in [5.74, 6) is 0.0950. The molecule has 3 heterocycles. The molecule has 6 rings (SSSR count). The number of nitrogens with one attached hydrogen (secondary N) is 1. The summed E-state index contributed by atoms with van der Waals surface area (Å²) < 4.78 is 7.60. The van der Waals surface area contributed by atoms with Crippen molar-refractivity contribution in [1.29, 1.82) is 0 Å². The Hall–Kier alpha value is -2.22. The highest BCUT2D eigenvalue weighted by Crippen LogP contribution is 2.36. The fourth-order valence-corrected chi connectivity index (χ4v) is 6.96. The first-order valence-corrected chi connectivity index (χ1v) is 13.6. The summed E-state index contributed by atoms with van der Waals surface area (Å²) in [6.07, 6.45) is 9.13. The quantitative estimate of drug-likeness (QED) is 0.718. The van der Waals surface area contributed by atoms with Crippen LogP contribution in [0.25, 0.3) is 0 Å². The van der Waals surface area contributed by atoms with Crippen LogP contribution < -0.4 is 5.32 Å². The maximum Gasteiger partial charge on any atom is 0.274 e. The molecule has 2 aliphatic carbocycles. The predicted molar refractivity (Wildman–Crippen MR) is 136 cm³/mol. The van der Waals surface area contributed by atoms with E-state index in [1.807, 2.05) is 16.6 Å². The molecule has 1 aromatic carbocycles. The monoisotopic (exact) mass is 477 g/mol. The number of aromatic nitrogens is 2. The van der Waals surface area contributed by atoms with Gasteiger partial charge in [-0.15, -0.1) is 0 Å². The van der Waals surface area contributed by atoms with E-state index < -0.39 is 0 Å². The Bertz CT molecular complexity index is 1070. The van der Waals surface area contributed by atoms with E-state index in [0.29, 0.717) is 18.3 Å². The zero-order valence-electron chi connectivity index (χ0n) is 21.1. The number of fused-ring (bicyclic) bond motifs is 2. The molecule has 4 aliphatic rings. The van der Waals surface area contributed by atoms with Gasteiger partial charge in [0.15, 0.2) is 5.69 Å². The zero-order chi connectivity index (χ0) is 23.8. The summed E-state index contributed by atoms with van der Waals surface area (Å²) in [6, 6.07) is 8.89. The minimum absolute atomic E-state index is 0.0950. The van der Waals surface area contributed by atoms with Gasteiger partial charge in [-0.2, -0.15) is 5.10 Å². The molecule has 0 spiro atoms. The second-order valence-corrected chi connectivity index (χ2v) is 11.0. The highest BCUT2D eigenvalue weighted by atomic mass is 16.5. The number of nitrogens with zero attached hydrogens (tertiary/aromatic N) is 4. The summed E-state index contributed by atoms with van der Waals surface area (Å²) in [5.41, 5.74) is 6.00. The molecule has 1 N–H and O–H groups in total. The number of ether oxygens (including phenoxy) is 1. The van der Waals surface area contributed by atoms with E-state index >= 15 is 0 Å². The average molecular weight is 478 g/mol. The van der Waals surface area contributed by atoms with E-state index in [4.69, 9.17) is 9.84 Å². The smallest absolute Gasteiger partial charge is 0.274 e. The van der Waals surface area contributed by atoms with Crippen molar-refractivity contribution in [3.63, 3.8) is 0 Å². The van der Waals surface area contributed by atoms with Gasteiger partial charge in [-0.05, 0) is 49.7 Å². The van der Waals surface area contributed by atoms with Crippen molar-refractivity contribution in [2.45, 2.75) is 69.5 Å². The first-order valence-electron chi connectivity index (χ1n) is 13.6. The molecule has 1 saturated heterocycles. The predicted octanol–water partition coefficient (Wildman–Crippen LogP) is 2.71. The lowest BCUT2D eigenvalue weighted by atomic mass is 9.89. The summed E-state index contributed by atoms with van der Waals surface area (Å²) in [5, 5.41) is 8.72. The lowest BCUT2D eigenvalue weighted by molar-refractivity contribution is -0.0213. The number of hydrogen-bond donors (Lipinski definition) is 1. The van der Waals surface area contributed by atoms with Crippen molar-refractivity contribution < 1.29 is 9.53 Å². The lowest BCUT2D eigenvalue weighted by Crippen LogP contribution is -2.58. The number of rotatable bonds is 5. The maximum absolute atomic E-state index is 13.6. The van der Waals surface area contributed by atoms with Crippen LogP contribution in [0, 0.1) is 0 Å². The Morgan fingerprint density at radius 2 is 1.89 bits per heavy atom. The van der Waals surface area contributed by atoms with Gasteiger partial charge in [0, 0.05) is 62.6 Å². The van der Waals surface area contributed by atoms with Crippen LogP contribution in [0.15, 0.2) is 24.3 Å². The number of benzene rings is 1. The van der Waals surface area contributed by atoms with E-state index in [1.165, 1.54) is 48.1 Å². The van der Waals surface area contributed by atoms with Crippen LogP contribution in [0.5, 0.6) is 0 Å². The Morgan fingerprint density at radius 1 is 1.11 bits per heavy atom. The van der Waals surface area contributed by atoms with E-state index in [1.54, 1.807) is 0 Å². The first kappa shape index (κ1) is 23.2. The van der Waals surface area contributed by atoms with Crippen LogP contribution in [0.1, 0.15) is 65.0 Å². The third-order valence-corrected chi connectivity index (χ3v) is 9.01. The van der Waals surface area contributed by atoms with Crippen molar-refractivity contribution in [3.8, 4) is 0 Å². The molecule has 0 unspecified atom stereocenters. The van der Waals surface area contributed by atoms with Crippen LogP contribution in [0.3, 0.4) is 0 Å². The molecule has 1 saturated carbocycles. The number of aryl methyl sites for hydroxylation is 1. The van der Waals surface area contributed by atoms with Crippen molar-refractivity contribution in [2.24, 2.45) is 7.05 Å². The molecule has 0 radical (unpaired) electrons. The van der Waals surface area contributed by atoms with Gasteiger partial charge in [-0.3, -0.25) is 14.4 Å². The molecular formula is C28H39N5O2. The molecule has 2 fully saturated rings. The molecule has 35 heavy (non-hydrogen) atoms. The summed E-state index contributed by atoms with van der Waals surface area (Å²) in [4.78, 5) is 18.3. The highest BCUT2D eigenvalue weighted by molar-refractivity contribution is 5.94. The molecular weight excluding hydrogens is 438 g/mol. The Morgan fingerprint density at radius 3 is 2.69 bits per heavy atom. The second-order valence-electron chi connectivity index (χ2n) is 11.0. The molecule has 1 aromatic heterocycles. The number of amides is 1. The van der Waals surface area contributed by atoms with Gasteiger partial charge in [0.1, 0.15) is 0 Å². The van der Waals surface area contributed by atoms with Gasteiger partial charge in [0.05, 0.1) is 13.2 Å². The van der Waals surface area contributed by atoms with Crippen LogP contribution in [0.2, 0.25) is 0 Å². The molecule has 7 heteroatoms. The van der Waals surface area contributed by atoms with Gasteiger partial charge in [-0.25, -0.2) is 0 Å². The van der Waals surface area contributed by atoms with E-state index in [9.17, 15) is 4.79 Å². The highest BCUT2D eigenvalue weighted by Gasteiger charge is 2.41. The average Bonchev–Trinajstić information content (AvgIpc) is 3.52. The van der Waals surface area contributed by atoms with Crippen LogP contribution >= 0.6 is 0 Å². The van der Waals surface area contributed by atoms with Crippen molar-refractivity contribution in [2.75, 3.05) is 39.4 Å². The van der Waals surface area contributed by atoms with Crippen LogP contribution in [0.4, 0.5) is 0 Å². The van der Waals surface area contributed by atoms with Gasteiger partial charge < -0.3 is 15.0 Å². The second kappa shape index (κ2) is 9.68. The summed E-state index contributed by atoms with van der Waals surface area (Å²) >= 11 is 0. The fraction of sp³-hybridized carbons (Fsp3) is 0.643. The van der Waals surface area contributed by atoms with E-state index in [-0.39, 0.29) is 11.4 Å². The molecule has 188 valence electrons. The minimum atomic E-state index is 0.0950. The largest absolute Gasteiger partial charge is 0.379 e. The third kappa shape index (κ3) is 4.43. The van der Waals surface area contributed by atoms with Crippen LogP contribution in [-0.2, 0) is 37.6 Å². The van der Waals surface area contributed by atoms with E-state index in [2.05, 4.69) is 34.5 Å². The topological polar surface area (TPSA) is 62.6 Å². The minimum Gasteiger partial charge on any atom is -0.379 e. The molecule has 2 aromatic rings. The van der Waals surface area contributed by atoms with Crippen LogP contribution in [-0.4, -0.2) is 76.5 Å². The van der Waals surface area contributed by atoms with Gasteiger partial charge in [0.25, 0.3) is 5.91 Å². The summed E-state index contributed by atoms with van der Waals surface area (Å²) in [7, 11) is 2.00. The zero-order valence-corrected chi connectivity index (χ0v) is 21.1. The SMILES string of the molecule is Cn1nc(C(=O)N2CCc3ccccc3C2)c2c1CC[C@H](NCC1(N3CCOCC3)CCCC1)C2. The van der Waals surface area contributed by atoms with Gasteiger partial charge in [0.2, 0.25) is 0 Å². The number of carbonyl (C=O) groups excluding carboxylic acids is 1.